The van der Waals surface area contributed by atoms with Crippen LogP contribution in [-0.4, -0.2) is 254 Å². The molecule has 4 aliphatic heterocycles. The number of sulfonamides is 4. The minimum absolute atomic E-state index is 0.0500. The smallest absolute Gasteiger partial charge is 0.424 e. The van der Waals surface area contributed by atoms with Gasteiger partial charge in [-0.1, -0.05) is 59.6 Å². The summed E-state index contributed by atoms with van der Waals surface area (Å²) in [6.45, 7) is 25.6. The fraction of sp³-hybridized carbons (Fsp3) is 0.875. The van der Waals surface area contributed by atoms with E-state index in [9.17, 15) is 125 Å². The zero-order chi connectivity index (χ0) is 86.2. The third kappa shape index (κ3) is 38.8. The lowest BCUT2D eigenvalue weighted by Gasteiger charge is -2.28. The Bertz CT molecular complexity index is 3360. The molecule has 0 N–H and O–H groups in total. The molecule has 28 nitrogen and oxygen atoms in total. The summed E-state index contributed by atoms with van der Waals surface area (Å²) in [5, 5.41) is 0.1000. The molecule has 4 aliphatic rings. The van der Waals surface area contributed by atoms with Gasteiger partial charge in [0.15, 0.2) is 23.1 Å². The van der Waals surface area contributed by atoms with Crippen LogP contribution in [0.15, 0.2) is 0 Å². The van der Waals surface area contributed by atoms with E-state index in [1.54, 1.807) is 27.7 Å². The lowest BCUT2D eigenvalue weighted by molar-refractivity contribution is -0.131. The highest BCUT2D eigenvalue weighted by molar-refractivity contribution is 9.09. The minimum atomic E-state index is -4.70. The summed E-state index contributed by atoms with van der Waals surface area (Å²) < 4.78 is 292. The van der Waals surface area contributed by atoms with Crippen LogP contribution in [0.4, 0.5) is 71.9 Å². The summed E-state index contributed by atoms with van der Waals surface area (Å²) in [6.07, 6.45) is -35.4. The molecule has 0 aromatic rings. The number of rotatable bonds is 26. The molecule has 0 aromatic carbocycles. The van der Waals surface area contributed by atoms with E-state index < -0.39 is 235 Å². The highest BCUT2D eigenvalue weighted by Crippen LogP contribution is 2.35. The molecule has 0 aromatic heterocycles. The molecular formula is C64H102Br2F12N4O24S4. The second-order valence-electron chi connectivity index (χ2n) is 30.8. The molecule has 4 heterocycles. The van der Waals surface area contributed by atoms with Crippen molar-refractivity contribution in [2.45, 2.75) is 272 Å². The van der Waals surface area contributed by atoms with Crippen molar-refractivity contribution in [1.29, 1.82) is 0 Å². The summed E-state index contributed by atoms with van der Waals surface area (Å²) in [5.74, 6) is -6.97. The van der Waals surface area contributed by atoms with Crippen LogP contribution < -0.4 is 0 Å². The predicted octanol–water partition coefficient (Wildman–Crippen LogP) is 12.3. The Kier molecular flexibility index (Phi) is 38.5. The number of nitrogens with zero attached hydrogens (tertiary/aromatic N) is 4. The Morgan fingerprint density at radius 2 is 0.500 bits per heavy atom. The average molecular weight is 1830 g/mol. The van der Waals surface area contributed by atoms with Crippen molar-refractivity contribution < 1.29 is 163 Å². The molecular weight excluding hydrogens is 1720 g/mol. The van der Waals surface area contributed by atoms with Crippen LogP contribution in [0, 0.1) is 23.7 Å². The molecule has 0 bridgehead atoms. The summed E-state index contributed by atoms with van der Waals surface area (Å²) in [5.41, 5.74) is -4.18. The number of hydrogen-bond acceptors (Lipinski definition) is 24. The zero-order valence-corrected chi connectivity index (χ0v) is 70.6. The van der Waals surface area contributed by atoms with Crippen LogP contribution in [0.3, 0.4) is 0 Å². The molecule has 0 radical (unpaired) electrons. The number of hydrogen-bond donors (Lipinski definition) is 0. The van der Waals surface area contributed by atoms with Crippen molar-refractivity contribution in [2.75, 3.05) is 59.9 Å². The fourth-order valence-electron chi connectivity index (χ4n) is 10.8. The average Bonchev–Trinajstić information content (AvgIpc) is 1.49. The van der Waals surface area contributed by atoms with E-state index in [0.717, 1.165) is 0 Å². The van der Waals surface area contributed by atoms with Gasteiger partial charge in [0.05, 0.1) is 110 Å². The molecule has 0 saturated carbocycles. The van der Waals surface area contributed by atoms with Crippen LogP contribution in [0.25, 0.3) is 0 Å². The number of ether oxygens (including phenoxy) is 8. The SMILES string of the molecule is CC(=O)[C@@H]1O[C@H](CN(C(=O)OC(C)(C)C)S(=O)(=O)CCC(F)(F)F)C[C@@H]1C.CC(=O)[C@H]1O[C@@H](CN(C(=O)OC(C)(C)C)S(=O)(=O)CCC(F)(F)F)C[C@H]1C.C[C@@H]1C[C@H](CN(C(=O)OC(C)(C)C)S(=O)(=O)CCC(F)(F)F)O[C@@H]1C(=O)CBr.C[C@H]1C[C@@H](CN(C(=O)OC(C)(C)C)S(=O)(=O)CCC(F)(F)F)O[C@H]1C(=O)CBr. The van der Waals surface area contributed by atoms with Crippen LogP contribution in [0.5, 0.6) is 0 Å². The van der Waals surface area contributed by atoms with Gasteiger partial charge in [-0.3, -0.25) is 19.2 Å². The van der Waals surface area contributed by atoms with Crippen molar-refractivity contribution in [3.05, 3.63) is 0 Å². The van der Waals surface area contributed by atoms with Gasteiger partial charge in [-0.15, -0.1) is 0 Å². The normalized spacial score (nSPS) is 23.7. The van der Waals surface area contributed by atoms with E-state index in [-0.39, 0.29) is 87.5 Å². The highest BCUT2D eigenvalue weighted by Gasteiger charge is 2.48. The Hall–Kier alpha value is -4.48. The maximum absolute atomic E-state index is 12.5. The van der Waals surface area contributed by atoms with E-state index in [4.69, 9.17) is 37.9 Å². The van der Waals surface area contributed by atoms with Crippen LogP contribution in [-0.2, 0) is 97.2 Å². The second-order valence-corrected chi connectivity index (χ2v) is 39.9. The Balaban J connectivity index is 0.000000733. The molecule has 4 saturated heterocycles. The lowest BCUT2D eigenvalue weighted by atomic mass is 9.99. The van der Waals surface area contributed by atoms with E-state index in [2.05, 4.69) is 31.9 Å². The third-order valence-electron chi connectivity index (χ3n) is 15.4. The van der Waals surface area contributed by atoms with Gasteiger partial charge < -0.3 is 37.9 Å². The van der Waals surface area contributed by atoms with Crippen molar-refractivity contribution in [2.24, 2.45) is 23.7 Å². The predicted molar refractivity (Wildman–Crippen MR) is 378 cm³/mol. The Labute approximate surface area is 651 Å². The van der Waals surface area contributed by atoms with Crippen molar-refractivity contribution in [3.8, 4) is 0 Å². The lowest BCUT2D eigenvalue weighted by Crippen LogP contribution is -2.46. The first-order valence-electron chi connectivity index (χ1n) is 34.1. The molecule has 12 atom stereocenters. The number of ketones is 4. The van der Waals surface area contributed by atoms with Gasteiger partial charge in [-0.25, -0.2) is 70.1 Å². The summed E-state index contributed by atoms with van der Waals surface area (Å²) in [7, 11) is -18.4. The first-order chi connectivity index (χ1) is 49.1. The largest absolute Gasteiger partial charge is 0.443 e. The van der Waals surface area contributed by atoms with Gasteiger partial charge in [0.25, 0.3) is 0 Å². The minimum Gasteiger partial charge on any atom is -0.443 e. The van der Waals surface area contributed by atoms with E-state index in [1.165, 1.54) is 96.9 Å². The summed E-state index contributed by atoms with van der Waals surface area (Å²) in [4.78, 5) is 96.3. The van der Waals surface area contributed by atoms with E-state index >= 15 is 0 Å². The molecule has 0 spiro atoms. The van der Waals surface area contributed by atoms with Crippen LogP contribution >= 0.6 is 31.9 Å². The Morgan fingerprint density at radius 3 is 0.636 bits per heavy atom. The number of carbonyl (C=O) groups excluding carboxylic acids is 8. The molecule has 4 fully saturated rings. The molecule has 644 valence electrons. The van der Waals surface area contributed by atoms with Crippen molar-refractivity contribution in [1.82, 2.24) is 17.2 Å². The topological polar surface area (TPSA) is 360 Å². The molecule has 0 unspecified atom stereocenters. The third-order valence-corrected chi connectivity index (χ3v) is 23.3. The highest BCUT2D eigenvalue weighted by atomic mass is 79.9. The van der Waals surface area contributed by atoms with E-state index in [1.807, 2.05) is 0 Å². The first-order valence-corrected chi connectivity index (χ1v) is 42.8. The van der Waals surface area contributed by atoms with Crippen molar-refractivity contribution in [3.63, 3.8) is 0 Å². The quantitative estimate of drug-likeness (QED) is 0.0441. The number of alkyl halides is 14. The summed E-state index contributed by atoms with van der Waals surface area (Å²) >= 11 is 6.07. The number of halogens is 14. The number of amides is 4. The first kappa shape index (κ1) is 104. The maximum atomic E-state index is 12.5. The van der Waals surface area contributed by atoms with E-state index in [0.29, 0.717) is 12.8 Å². The van der Waals surface area contributed by atoms with Gasteiger partial charge >= 0.3 is 49.1 Å². The zero-order valence-electron chi connectivity index (χ0n) is 64.2. The van der Waals surface area contributed by atoms with Gasteiger partial charge in [0.2, 0.25) is 40.1 Å². The van der Waals surface area contributed by atoms with Gasteiger partial charge in [0, 0.05) is 0 Å². The van der Waals surface area contributed by atoms with Crippen LogP contribution in [0.1, 0.15) is 176 Å². The fourth-order valence-corrected chi connectivity index (χ4v) is 16.9. The standard InChI is InChI=1S/2C16H25BrF3NO6S.2C16H26F3NO6S/c2*1-10-7-11(26-13(10)12(22)8-17)9-21(14(23)27-15(2,3)4)28(24,25)6-5-16(18,19)20;2*1-10-8-12(25-13(10)11(2)21)9-20(14(22)26-15(3,4)5)27(23,24)7-6-16(17,18)19/h2*10-11,13H,5-9H2,1-4H3;2*10,12-13H,6-9H2,1-5H3/t2*10-,11-,13+;2*10-,12-,13+/m1010/s1. The van der Waals surface area contributed by atoms with Crippen molar-refractivity contribution >= 4 is 119 Å². The number of carbonyl (C=O) groups is 8. The van der Waals surface area contributed by atoms with Gasteiger partial charge in [-0.2, -0.15) is 52.7 Å². The monoisotopic (exact) mass is 1820 g/mol. The number of Topliss-reactive ketones (excluding diaryl/α,β-unsaturated/α-hetero) is 4. The molecule has 0 aliphatic carbocycles. The molecule has 4 amide bonds. The van der Waals surface area contributed by atoms with Crippen LogP contribution in [0.2, 0.25) is 0 Å². The second kappa shape index (κ2) is 40.9. The summed E-state index contributed by atoms with van der Waals surface area (Å²) in [6, 6.07) is 0. The van der Waals surface area contributed by atoms with Gasteiger partial charge in [0.1, 0.15) is 46.8 Å². The molecule has 46 heteroatoms. The van der Waals surface area contributed by atoms with Gasteiger partial charge in [-0.05, 0) is 146 Å². The Morgan fingerprint density at radius 1 is 0.336 bits per heavy atom. The molecule has 4 rings (SSSR count). The molecule has 110 heavy (non-hydrogen) atoms. The maximum Gasteiger partial charge on any atom is 0.424 e.